The van der Waals surface area contributed by atoms with Crippen LogP contribution in [-0.2, 0) is 9.53 Å². The first-order chi connectivity index (χ1) is 7.72. The van der Waals surface area contributed by atoms with E-state index in [0.717, 1.165) is 32.4 Å². The summed E-state index contributed by atoms with van der Waals surface area (Å²) < 4.78 is 5.39. The number of hydrogen-bond donors (Lipinski definition) is 2. The van der Waals surface area contributed by atoms with Gasteiger partial charge in [0.15, 0.2) is 0 Å². The maximum Gasteiger partial charge on any atom is 0.248 e. The Bertz CT molecular complexity index is 174. The Morgan fingerprint density at radius 2 is 1.94 bits per heavy atom. The predicted octanol–water partition coefficient (Wildman–Crippen LogP) is 1.31. The van der Waals surface area contributed by atoms with Gasteiger partial charge in [-0.25, -0.2) is 0 Å². The van der Waals surface area contributed by atoms with Crippen LogP contribution in [0.1, 0.15) is 40.0 Å². The van der Waals surface area contributed by atoms with Crippen LogP contribution in [0.5, 0.6) is 0 Å². The zero-order valence-corrected chi connectivity index (χ0v) is 10.8. The standard InChI is InChI=1S/C12H26N2O2/c1-4-6-10-16-11(3)12(15)14-9-8-13-7-5-2/h11,13H,4-10H2,1-3H3,(H,14,15). The molecule has 1 unspecified atom stereocenters. The van der Waals surface area contributed by atoms with Crippen molar-refractivity contribution in [3.63, 3.8) is 0 Å². The van der Waals surface area contributed by atoms with Crippen LogP contribution >= 0.6 is 0 Å². The predicted molar refractivity (Wildman–Crippen MR) is 66.5 cm³/mol. The van der Waals surface area contributed by atoms with Crippen molar-refractivity contribution in [2.24, 2.45) is 0 Å². The van der Waals surface area contributed by atoms with Gasteiger partial charge >= 0.3 is 0 Å². The molecule has 0 aromatic rings. The zero-order chi connectivity index (χ0) is 12.2. The third-order valence-electron chi connectivity index (χ3n) is 2.26. The number of carbonyl (C=O) groups is 1. The van der Waals surface area contributed by atoms with E-state index in [1.807, 2.05) is 0 Å². The summed E-state index contributed by atoms with van der Waals surface area (Å²) in [5.41, 5.74) is 0. The highest BCUT2D eigenvalue weighted by molar-refractivity contribution is 5.80. The molecule has 0 aliphatic rings. The molecule has 0 fully saturated rings. The van der Waals surface area contributed by atoms with E-state index in [1.54, 1.807) is 6.92 Å². The maximum absolute atomic E-state index is 11.5. The molecule has 1 atom stereocenters. The highest BCUT2D eigenvalue weighted by atomic mass is 16.5. The summed E-state index contributed by atoms with van der Waals surface area (Å²) >= 11 is 0. The average molecular weight is 230 g/mol. The molecule has 0 aliphatic heterocycles. The molecular formula is C12H26N2O2. The number of hydrogen-bond acceptors (Lipinski definition) is 3. The Hall–Kier alpha value is -0.610. The molecule has 0 saturated carbocycles. The third kappa shape index (κ3) is 8.68. The van der Waals surface area contributed by atoms with Gasteiger partial charge in [0.2, 0.25) is 5.91 Å². The van der Waals surface area contributed by atoms with Gasteiger partial charge in [-0.2, -0.15) is 0 Å². The van der Waals surface area contributed by atoms with Crippen molar-refractivity contribution >= 4 is 5.91 Å². The van der Waals surface area contributed by atoms with Gasteiger partial charge in [-0.15, -0.1) is 0 Å². The Morgan fingerprint density at radius 1 is 1.19 bits per heavy atom. The molecular weight excluding hydrogens is 204 g/mol. The van der Waals surface area contributed by atoms with Crippen LogP contribution in [0.3, 0.4) is 0 Å². The summed E-state index contributed by atoms with van der Waals surface area (Å²) in [4.78, 5) is 11.5. The van der Waals surface area contributed by atoms with Gasteiger partial charge in [-0.1, -0.05) is 20.3 Å². The lowest BCUT2D eigenvalue weighted by Crippen LogP contribution is -2.38. The molecule has 16 heavy (non-hydrogen) atoms. The monoisotopic (exact) mass is 230 g/mol. The smallest absolute Gasteiger partial charge is 0.248 e. The van der Waals surface area contributed by atoms with Gasteiger partial charge < -0.3 is 15.4 Å². The highest BCUT2D eigenvalue weighted by Crippen LogP contribution is 1.94. The Balaban J connectivity index is 3.40. The van der Waals surface area contributed by atoms with Crippen LogP contribution < -0.4 is 10.6 Å². The molecule has 0 aromatic heterocycles. The summed E-state index contributed by atoms with van der Waals surface area (Å²) in [6.07, 6.45) is 2.88. The fourth-order valence-electron chi connectivity index (χ4n) is 1.20. The lowest BCUT2D eigenvalue weighted by atomic mass is 10.3. The SMILES string of the molecule is CCCCOC(C)C(=O)NCCNCCC. The number of carbonyl (C=O) groups excluding carboxylic acids is 1. The van der Waals surface area contributed by atoms with E-state index < -0.39 is 0 Å². The first kappa shape index (κ1) is 15.4. The van der Waals surface area contributed by atoms with E-state index in [-0.39, 0.29) is 12.0 Å². The van der Waals surface area contributed by atoms with Gasteiger partial charge in [-0.05, 0) is 26.3 Å². The Kier molecular flexibility index (Phi) is 10.5. The van der Waals surface area contributed by atoms with E-state index in [1.165, 1.54) is 0 Å². The molecule has 96 valence electrons. The van der Waals surface area contributed by atoms with Gasteiger partial charge in [0.25, 0.3) is 0 Å². The quantitative estimate of drug-likeness (QED) is 0.556. The van der Waals surface area contributed by atoms with Gasteiger partial charge in [-0.3, -0.25) is 4.79 Å². The molecule has 0 radical (unpaired) electrons. The fourth-order valence-corrected chi connectivity index (χ4v) is 1.20. The molecule has 4 nitrogen and oxygen atoms in total. The van der Waals surface area contributed by atoms with Crippen LogP contribution in [0, 0.1) is 0 Å². The number of unbranched alkanes of at least 4 members (excludes halogenated alkanes) is 1. The number of nitrogens with one attached hydrogen (secondary N) is 2. The number of amides is 1. The summed E-state index contributed by atoms with van der Waals surface area (Å²) in [7, 11) is 0. The van der Waals surface area contributed by atoms with Crippen molar-refractivity contribution in [3.05, 3.63) is 0 Å². The van der Waals surface area contributed by atoms with E-state index >= 15 is 0 Å². The van der Waals surface area contributed by atoms with Crippen LogP contribution in [0.15, 0.2) is 0 Å². The molecule has 0 spiro atoms. The average Bonchev–Trinajstić information content (AvgIpc) is 2.28. The first-order valence-corrected chi connectivity index (χ1v) is 6.32. The van der Waals surface area contributed by atoms with E-state index in [4.69, 9.17) is 4.74 Å². The molecule has 0 rings (SSSR count). The van der Waals surface area contributed by atoms with Crippen LogP contribution in [0.25, 0.3) is 0 Å². The van der Waals surface area contributed by atoms with Gasteiger partial charge in [0, 0.05) is 19.7 Å². The summed E-state index contributed by atoms with van der Waals surface area (Å²) in [6, 6.07) is 0. The zero-order valence-electron chi connectivity index (χ0n) is 10.8. The minimum atomic E-state index is -0.335. The van der Waals surface area contributed by atoms with Gasteiger partial charge in [0.1, 0.15) is 6.10 Å². The topological polar surface area (TPSA) is 50.4 Å². The van der Waals surface area contributed by atoms with Crippen molar-refractivity contribution in [2.45, 2.75) is 46.1 Å². The van der Waals surface area contributed by atoms with Crippen LogP contribution in [0.2, 0.25) is 0 Å². The number of ether oxygens (including phenoxy) is 1. The van der Waals surface area contributed by atoms with Gasteiger partial charge in [0.05, 0.1) is 0 Å². The van der Waals surface area contributed by atoms with E-state index in [2.05, 4.69) is 24.5 Å². The lowest BCUT2D eigenvalue weighted by Gasteiger charge is -2.13. The Labute approximate surface area is 99.1 Å². The summed E-state index contributed by atoms with van der Waals surface area (Å²) in [6.45, 7) is 9.17. The van der Waals surface area contributed by atoms with Crippen molar-refractivity contribution in [2.75, 3.05) is 26.2 Å². The van der Waals surface area contributed by atoms with Crippen LogP contribution in [-0.4, -0.2) is 38.3 Å². The molecule has 4 heteroatoms. The molecule has 1 amide bonds. The second-order valence-electron chi connectivity index (χ2n) is 3.91. The maximum atomic E-state index is 11.5. The van der Waals surface area contributed by atoms with Crippen molar-refractivity contribution < 1.29 is 9.53 Å². The molecule has 0 aromatic carbocycles. The Morgan fingerprint density at radius 3 is 2.56 bits per heavy atom. The van der Waals surface area contributed by atoms with Crippen molar-refractivity contribution in [1.29, 1.82) is 0 Å². The molecule has 2 N–H and O–H groups in total. The minimum absolute atomic E-state index is 0.0191. The lowest BCUT2D eigenvalue weighted by molar-refractivity contribution is -0.131. The second kappa shape index (κ2) is 10.9. The van der Waals surface area contributed by atoms with Crippen molar-refractivity contribution in [1.82, 2.24) is 10.6 Å². The van der Waals surface area contributed by atoms with E-state index in [9.17, 15) is 4.79 Å². The number of rotatable bonds is 10. The third-order valence-corrected chi connectivity index (χ3v) is 2.26. The summed E-state index contributed by atoms with van der Waals surface area (Å²) in [5.74, 6) is -0.0191. The normalized spacial score (nSPS) is 12.4. The fraction of sp³-hybridized carbons (Fsp3) is 0.917. The van der Waals surface area contributed by atoms with Crippen molar-refractivity contribution in [3.8, 4) is 0 Å². The second-order valence-corrected chi connectivity index (χ2v) is 3.91. The minimum Gasteiger partial charge on any atom is -0.369 e. The molecule has 0 saturated heterocycles. The van der Waals surface area contributed by atoms with E-state index in [0.29, 0.717) is 13.2 Å². The molecule has 0 heterocycles. The largest absolute Gasteiger partial charge is 0.369 e. The van der Waals surface area contributed by atoms with Crippen LogP contribution in [0.4, 0.5) is 0 Å². The first-order valence-electron chi connectivity index (χ1n) is 6.32. The highest BCUT2D eigenvalue weighted by Gasteiger charge is 2.11. The molecule has 0 aliphatic carbocycles. The molecule has 0 bridgehead atoms. The summed E-state index contributed by atoms with van der Waals surface area (Å²) in [5, 5.41) is 6.07.